The summed E-state index contributed by atoms with van der Waals surface area (Å²) < 4.78 is 5.54. The van der Waals surface area contributed by atoms with E-state index < -0.39 is 0 Å². The van der Waals surface area contributed by atoms with Crippen molar-refractivity contribution in [2.75, 3.05) is 24.3 Å². The molecule has 5 nitrogen and oxygen atoms in total. The van der Waals surface area contributed by atoms with Gasteiger partial charge in [-0.2, -0.15) is 0 Å². The third kappa shape index (κ3) is 5.09. The first-order chi connectivity index (χ1) is 11.5. The van der Waals surface area contributed by atoms with E-state index in [0.29, 0.717) is 18.5 Å². The molecule has 0 unspecified atom stereocenters. The molecule has 0 aliphatic heterocycles. The van der Waals surface area contributed by atoms with Crippen molar-refractivity contribution in [3.63, 3.8) is 0 Å². The van der Waals surface area contributed by atoms with E-state index in [1.54, 1.807) is 18.2 Å². The molecule has 2 aromatic rings. The number of ether oxygens (including phenoxy) is 1. The van der Waals surface area contributed by atoms with Crippen LogP contribution in [0.5, 0.6) is 0 Å². The predicted octanol–water partition coefficient (Wildman–Crippen LogP) is 3.98. The summed E-state index contributed by atoms with van der Waals surface area (Å²) >= 11 is 3.43. The number of carbonyl (C=O) groups excluding carboxylic acids is 2. The first kappa shape index (κ1) is 18.0. The normalized spacial score (nSPS) is 10.1. The molecule has 0 saturated heterocycles. The minimum Gasteiger partial charge on any atom is -0.465 e. The zero-order valence-corrected chi connectivity index (χ0v) is 15.1. The van der Waals surface area contributed by atoms with E-state index in [4.69, 9.17) is 0 Å². The maximum absolute atomic E-state index is 12.0. The molecular formula is C18H19BrN2O3. The molecule has 0 aliphatic carbocycles. The average Bonchev–Trinajstić information content (AvgIpc) is 2.57. The van der Waals surface area contributed by atoms with Crippen molar-refractivity contribution in [1.29, 1.82) is 0 Å². The Morgan fingerprint density at radius 1 is 1.17 bits per heavy atom. The van der Waals surface area contributed by atoms with Gasteiger partial charge in [-0.25, -0.2) is 4.79 Å². The lowest BCUT2D eigenvalue weighted by molar-refractivity contribution is -0.115. The first-order valence-corrected chi connectivity index (χ1v) is 8.27. The number of methoxy groups -OCH3 is 1. The number of halogens is 1. The fourth-order valence-corrected chi connectivity index (χ4v) is 2.72. The topological polar surface area (TPSA) is 67.4 Å². The van der Waals surface area contributed by atoms with Crippen LogP contribution in [0.25, 0.3) is 0 Å². The Morgan fingerprint density at radius 3 is 2.67 bits per heavy atom. The number of nitrogens with one attached hydrogen (secondary N) is 2. The molecule has 0 fully saturated rings. The second kappa shape index (κ2) is 8.49. The highest BCUT2D eigenvalue weighted by Crippen LogP contribution is 2.23. The Morgan fingerprint density at radius 2 is 1.96 bits per heavy atom. The Bertz CT molecular complexity index is 747. The van der Waals surface area contributed by atoms with Crippen LogP contribution in [-0.4, -0.2) is 25.5 Å². The molecule has 2 aromatic carbocycles. The molecule has 0 radical (unpaired) electrons. The molecule has 0 spiro atoms. The number of amides is 1. The second-order valence-corrected chi connectivity index (χ2v) is 6.13. The quantitative estimate of drug-likeness (QED) is 0.731. The predicted molar refractivity (Wildman–Crippen MR) is 98.4 cm³/mol. The van der Waals surface area contributed by atoms with Crippen LogP contribution < -0.4 is 10.6 Å². The molecule has 0 bridgehead atoms. The van der Waals surface area contributed by atoms with Crippen LogP contribution in [-0.2, 0) is 9.53 Å². The van der Waals surface area contributed by atoms with E-state index in [-0.39, 0.29) is 11.9 Å². The van der Waals surface area contributed by atoms with Gasteiger partial charge in [-0.05, 0) is 58.7 Å². The summed E-state index contributed by atoms with van der Waals surface area (Å²) in [6.07, 6.45) is 0.308. The van der Waals surface area contributed by atoms with E-state index in [1.165, 1.54) is 7.11 Å². The summed E-state index contributed by atoms with van der Waals surface area (Å²) in [7, 11) is 1.34. The Balaban J connectivity index is 1.85. The SMILES string of the molecule is COC(=O)c1cccc(NCCC(=O)Nc2ccc(C)cc2Br)c1. The Hall–Kier alpha value is -2.34. The van der Waals surface area contributed by atoms with Gasteiger partial charge in [0.15, 0.2) is 0 Å². The van der Waals surface area contributed by atoms with Crippen molar-refractivity contribution in [2.24, 2.45) is 0 Å². The van der Waals surface area contributed by atoms with Crippen molar-refractivity contribution in [2.45, 2.75) is 13.3 Å². The van der Waals surface area contributed by atoms with Crippen LogP contribution in [0.4, 0.5) is 11.4 Å². The third-order valence-corrected chi connectivity index (χ3v) is 4.02. The zero-order valence-electron chi connectivity index (χ0n) is 13.6. The second-order valence-electron chi connectivity index (χ2n) is 5.28. The van der Waals surface area contributed by atoms with Gasteiger partial charge in [0.1, 0.15) is 0 Å². The molecule has 24 heavy (non-hydrogen) atoms. The van der Waals surface area contributed by atoms with E-state index in [9.17, 15) is 9.59 Å². The molecule has 0 heterocycles. The highest BCUT2D eigenvalue weighted by Gasteiger charge is 2.07. The lowest BCUT2D eigenvalue weighted by Crippen LogP contribution is -2.16. The number of aryl methyl sites for hydroxylation is 1. The highest BCUT2D eigenvalue weighted by molar-refractivity contribution is 9.10. The fraction of sp³-hybridized carbons (Fsp3) is 0.222. The van der Waals surface area contributed by atoms with Crippen molar-refractivity contribution in [3.05, 3.63) is 58.1 Å². The van der Waals surface area contributed by atoms with E-state index in [2.05, 4.69) is 31.3 Å². The molecule has 1 amide bonds. The van der Waals surface area contributed by atoms with E-state index >= 15 is 0 Å². The van der Waals surface area contributed by atoms with Crippen LogP contribution in [0.15, 0.2) is 46.9 Å². The lowest BCUT2D eigenvalue weighted by atomic mass is 10.2. The van der Waals surface area contributed by atoms with Crippen LogP contribution in [0.1, 0.15) is 22.3 Å². The number of anilines is 2. The summed E-state index contributed by atoms with van der Waals surface area (Å²) in [4.78, 5) is 23.5. The van der Waals surface area contributed by atoms with Crippen molar-refractivity contribution >= 4 is 39.2 Å². The lowest BCUT2D eigenvalue weighted by Gasteiger charge is -2.10. The molecular weight excluding hydrogens is 372 g/mol. The van der Waals surface area contributed by atoms with E-state index in [0.717, 1.165) is 21.4 Å². The smallest absolute Gasteiger partial charge is 0.337 e. The largest absolute Gasteiger partial charge is 0.465 e. The average molecular weight is 391 g/mol. The van der Waals surface area contributed by atoms with Gasteiger partial charge in [0.2, 0.25) is 5.91 Å². The minimum absolute atomic E-state index is 0.0869. The number of benzene rings is 2. The van der Waals surface area contributed by atoms with Crippen LogP contribution in [0.3, 0.4) is 0 Å². The van der Waals surface area contributed by atoms with Gasteiger partial charge in [0.05, 0.1) is 18.4 Å². The van der Waals surface area contributed by atoms with Gasteiger partial charge in [-0.1, -0.05) is 12.1 Å². The molecule has 0 atom stereocenters. The Kier molecular flexibility index (Phi) is 6.37. The van der Waals surface area contributed by atoms with Crippen LogP contribution >= 0.6 is 15.9 Å². The summed E-state index contributed by atoms with van der Waals surface area (Å²) in [6.45, 7) is 2.45. The summed E-state index contributed by atoms with van der Waals surface area (Å²) in [5.41, 5.74) is 3.10. The van der Waals surface area contributed by atoms with Gasteiger partial charge in [0, 0.05) is 23.1 Å². The Labute approximate surface area is 149 Å². The van der Waals surface area contributed by atoms with Gasteiger partial charge < -0.3 is 15.4 Å². The van der Waals surface area contributed by atoms with Crippen molar-refractivity contribution in [3.8, 4) is 0 Å². The maximum Gasteiger partial charge on any atom is 0.337 e. The van der Waals surface area contributed by atoms with Crippen molar-refractivity contribution < 1.29 is 14.3 Å². The molecule has 0 aromatic heterocycles. The number of hydrogen-bond donors (Lipinski definition) is 2. The molecule has 2 N–H and O–H groups in total. The first-order valence-electron chi connectivity index (χ1n) is 7.48. The summed E-state index contributed by atoms with van der Waals surface area (Å²) in [5, 5.41) is 5.99. The minimum atomic E-state index is -0.388. The number of esters is 1. The van der Waals surface area contributed by atoms with E-state index in [1.807, 2.05) is 31.2 Å². The maximum atomic E-state index is 12.0. The third-order valence-electron chi connectivity index (χ3n) is 3.36. The van der Waals surface area contributed by atoms with Crippen molar-refractivity contribution in [1.82, 2.24) is 0 Å². The monoisotopic (exact) mass is 390 g/mol. The standard InChI is InChI=1S/C18H19BrN2O3/c1-12-6-7-16(15(19)10-12)21-17(22)8-9-20-14-5-3-4-13(11-14)18(23)24-2/h3-7,10-11,20H,8-9H2,1-2H3,(H,21,22). The summed E-state index contributed by atoms with van der Waals surface area (Å²) in [6, 6.07) is 12.7. The van der Waals surface area contributed by atoms with Crippen LogP contribution in [0.2, 0.25) is 0 Å². The molecule has 0 saturated carbocycles. The molecule has 2 rings (SSSR count). The highest BCUT2D eigenvalue weighted by atomic mass is 79.9. The number of carbonyl (C=O) groups is 2. The number of rotatable bonds is 6. The fourth-order valence-electron chi connectivity index (χ4n) is 2.13. The van der Waals surface area contributed by atoms with Crippen LogP contribution in [0, 0.1) is 6.92 Å². The summed E-state index contributed by atoms with van der Waals surface area (Å²) in [5.74, 6) is -0.475. The zero-order chi connectivity index (χ0) is 17.5. The van der Waals surface area contributed by atoms with Gasteiger partial charge in [-0.3, -0.25) is 4.79 Å². The molecule has 6 heteroatoms. The number of hydrogen-bond acceptors (Lipinski definition) is 4. The van der Waals surface area contributed by atoms with Gasteiger partial charge in [0.25, 0.3) is 0 Å². The molecule has 0 aliphatic rings. The van der Waals surface area contributed by atoms with Gasteiger partial charge in [-0.15, -0.1) is 0 Å². The molecule has 126 valence electrons. The van der Waals surface area contributed by atoms with Gasteiger partial charge >= 0.3 is 5.97 Å².